The molecule has 0 bridgehead atoms. The molecule has 8 rings (SSSR count). The Morgan fingerprint density at radius 2 is 1.62 bits per heavy atom. The fraction of sp³-hybridized carbons (Fsp3) is 0. The molecule has 150 valence electrons. The highest BCUT2D eigenvalue weighted by Crippen LogP contribution is 2.30. The van der Waals surface area contributed by atoms with Crippen LogP contribution in [0.4, 0.5) is 0 Å². The van der Waals surface area contributed by atoms with E-state index in [0.717, 1.165) is 27.0 Å². The van der Waals surface area contributed by atoms with Crippen molar-refractivity contribution in [3.05, 3.63) is 60.9 Å². The summed E-state index contributed by atoms with van der Waals surface area (Å²) in [7, 11) is 0. The molecule has 2 aromatic carbocycles. The number of hydrogen-bond donors (Lipinski definition) is 0. The molecule has 0 spiro atoms. The number of oxazole rings is 1. The summed E-state index contributed by atoms with van der Waals surface area (Å²) in [6.07, 6.45) is 3.44. The van der Waals surface area contributed by atoms with Gasteiger partial charge in [-0.3, -0.25) is 4.40 Å². The number of rotatable bonds is 1. The quantitative estimate of drug-likeness (QED) is 0.375. The van der Waals surface area contributed by atoms with Crippen molar-refractivity contribution >= 4 is 65.9 Å². The SMILES string of the molecule is c1ccc2c(c1)nc1oc3nc(-c4ncc5c(n4)nc4sc6ccccc6n45)cnc3n12. The van der Waals surface area contributed by atoms with Crippen molar-refractivity contribution in [2.24, 2.45) is 0 Å². The van der Waals surface area contributed by atoms with Crippen LogP contribution in [0.2, 0.25) is 0 Å². The van der Waals surface area contributed by atoms with Gasteiger partial charge in [-0.2, -0.15) is 9.97 Å². The minimum atomic E-state index is 0.385. The highest BCUT2D eigenvalue weighted by Gasteiger charge is 2.18. The summed E-state index contributed by atoms with van der Waals surface area (Å²) in [6, 6.07) is 16.0. The number of para-hydroxylation sites is 3. The zero-order chi connectivity index (χ0) is 20.8. The number of fused-ring (bicyclic) bond motifs is 10. The first-order valence-corrected chi connectivity index (χ1v) is 10.7. The van der Waals surface area contributed by atoms with Gasteiger partial charge in [0.05, 0.1) is 33.6 Å². The minimum absolute atomic E-state index is 0.385. The molecule has 9 nitrogen and oxygen atoms in total. The van der Waals surface area contributed by atoms with Crippen molar-refractivity contribution in [1.82, 2.24) is 38.7 Å². The Morgan fingerprint density at radius 1 is 0.750 bits per heavy atom. The third-order valence-corrected chi connectivity index (χ3v) is 6.59. The van der Waals surface area contributed by atoms with Crippen molar-refractivity contribution in [3.8, 4) is 11.5 Å². The maximum absolute atomic E-state index is 5.88. The molecular weight excluding hydrogens is 424 g/mol. The summed E-state index contributed by atoms with van der Waals surface area (Å²) in [4.78, 5) is 28.5. The van der Waals surface area contributed by atoms with Gasteiger partial charge in [0.1, 0.15) is 11.2 Å². The molecule has 0 aliphatic heterocycles. The lowest BCUT2D eigenvalue weighted by atomic mass is 10.3. The zero-order valence-electron chi connectivity index (χ0n) is 16.2. The van der Waals surface area contributed by atoms with E-state index in [1.165, 1.54) is 4.70 Å². The normalized spacial score (nSPS) is 12.4. The van der Waals surface area contributed by atoms with Crippen LogP contribution < -0.4 is 0 Å². The first-order chi connectivity index (χ1) is 15.8. The van der Waals surface area contributed by atoms with Crippen LogP contribution >= 0.6 is 11.3 Å². The Bertz CT molecular complexity index is 1860. The summed E-state index contributed by atoms with van der Waals surface area (Å²) in [5.74, 6) is 0.900. The Balaban J connectivity index is 1.32. The molecule has 6 aromatic heterocycles. The fourth-order valence-electron chi connectivity index (χ4n) is 4.16. The second-order valence-electron chi connectivity index (χ2n) is 7.41. The smallest absolute Gasteiger partial charge is 0.310 e. The molecule has 32 heavy (non-hydrogen) atoms. The third-order valence-electron chi connectivity index (χ3n) is 5.57. The molecule has 0 aliphatic carbocycles. The lowest BCUT2D eigenvalue weighted by Crippen LogP contribution is -1.95. The Hall–Kier alpha value is -4.44. The zero-order valence-corrected chi connectivity index (χ0v) is 17.0. The van der Waals surface area contributed by atoms with Crippen LogP contribution in [0.15, 0.2) is 65.3 Å². The van der Waals surface area contributed by atoms with Crippen LogP contribution in [0.1, 0.15) is 0 Å². The summed E-state index contributed by atoms with van der Waals surface area (Å²) in [5.41, 5.74) is 5.85. The summed E-state index contributed by atoms with van der Waals surface area (Å²) < 4.78 is 11.0. The van der Waals surface area contributed by atoms with E-state index in [1.54, 1.807) is 23.7 Å². The maximum Gasteiger partial charge on any atom is 0.310 e. The van der Waals surface area contributed by atoms with Crippen molar-refractivity contribution in [2.45, 2.75) is 0 Å². The van der Waals surface area contributed by atoms with Crippen LogP contribution in [0, 0.1) is 0 Å². The number of thiazole rings is 1. The largest absolute Gasteiger partial charge is 0.402 e. The molecule has 0 fully saturated rings. The van der Waals surface area contributed by atoms with Crippen LogP contribution in [0.5, 0.6) is 0 Å². The molecular formula is C22H10N8OS. The topological polar surface area (TPSA) is 99.3 Å². The molecule has 0 unspecified atom stereocenters. The monoisotopic (exact) mass is 434 g/mol. The average molecular weight is 434 g/mol. The standard InChI is InChI=1S/C22H10N8OS/c1-2-6-13-11(5-1)26-21-30(13)19-20(31-21)25-12(9-24-19)17-23-10-15-18(27-17)28-22-29(15)14-7-3-4-8-16(14)32-22/h1-10H. The van der Waals surface area contributed by atoms with Gasteiger partial charge in [-0.1, -0.05) is 35.6 Å². The van der Waals surface area contributed by atoms with Crippen LogP contribution in [0.25, 0.3) is 66.1 Å². The number of nitrogens with zero attached hydrogens (tertiary/aromatic N) is 8. The maximum atomic E-state index is 5.88. The van der Waals surface area contributed by atoms with E-state index in [0.29, 0.717) is 34.4 Å². The van der Waals surface area contributed by atoms with Crippen molar-refractivity contribution in [3.63, 3.8) is 0 Å². The number of aromatic nitrogens is 8. The highest BCUT2D eigenvalue weighted by atomic mass is 32.1. The minimum Gasteiger partial charge on any atom is -0.402 e. The Labute approximate surface area is 181 Å². The van der Waals surface area contributed by atoms with Gasteiger partial charge < -0.3 is 4.42 Å². The summed E-state index contributed by atoms with van der Waals surface area (Å²) >= 11 is 1.63. The molecule has 0 radical (unpaired) electrons. The van der Waals surface area contributed by atoms with Crippen LogP contribution in [-0.4, -0.2) is 38.7 Å². The van der Waals surface area contributed by atoms with Gasteiger partial charge in [0.25, 0.3) is 5.71 Å². The lowest BCUT2D eigenvalue weighted by Gasteiger charge is -1.99. The van der Waals surface area contributed by atoms with E-state index < -0.39 is 0 Å². The molecule has 0 aliphatic rings. The summed E-state index contributed by atoms with van der Waals surface area (Å²) in [5, 5.41) is 0. The first kappa shape index (κ1) is 16.3. The highest BCUT2D eigenvalue weighted by molar-refractivity contribution is 7.23. The van der Waals surface area contributed by atoms with Crippen LogP contribution in [-0.2, 0) is 0 Å². The van der Waals surface area contributed by atoms with E-state index >= 15 is 0 Å². The Morgan fingerprint density at radius 3 is 2.59 bits per heavy atom. The van der Waals surface area contributed by atoms with Gasteiger partial charge >= 0.3 is 5.84 Å². The molecule has 0 saturated carbocycles. The molecule has 8 aromatic rings. The molecule has 0 N–H and O–H groups in total. The van der Waals surface area contributed by atoms with Gasteiger partial charge in [-0.05, 0) is 24.3 Å². The molecule has 0 amide bonds. The molecule has 0 atom stereocenters. The van der Waals surface area contributed by atoms with Crippen molar-refractivity contribution < 1.29 is 4.42 Å². The fourth-order valence-corrected chi connectivity index (χ4v) is 5.19. The van der Waals surface area contributed by atoms with E-state index in [4.69, 9.17) is 9.40 Å². The van der Waals surface area contributed by atoms with Gasteiger partial charge in [0, 0.05) is 0 Å². The first-order valence-electron chi connectivity index (χ1n) is 9.89. The average Bonchev–Trinajstić information content (AvgIpc) is 3.54. The van der Waals surface area contributed by atoms with E-state index in [1.807, 2.05) is 40.8 Å². The molecule has 10 heteroatoms. The van der Waals surface area contributed by atoms with Gasteiger partial charge in [-0.25, -0.2) is 24.3 Å². The Kier molecular flexibility index (Phi) is 2.86. The van der Waals surface area contributed by atoms with Gasteiger partial charge in [0.2, 0.25) is 5.65 Å². The third kappa shape index (κ3) is 2.01. The van der Waals surface area contributed by atoms with Gasteiger partial charge in [0.15, 0.2) is 16.4 Å². The van der Waals surface area contributed by atoms with E-state index in [-0.39, 0.29) is 0 Å². The van der Waals surface area contributed by atoms with Crippen molar-refractivity contribution in [2.75, 3.05) is 0 Å². The molecule has 6 heterocycles. The second kappa shape index (κ2) is 5.62. The second-order valence-corrected chi connectivity index (χ2v) is 8.42. The molecule has 0 saturated heterocycles. The number of benzene rings is 2. The lowest BCUT2D eigenvalue weighted by molar-refractivity contribution is 0.630. The van der Waals surface area contributed by atoms with E-state index in [9.17, 15) is 0 Å². The van der Waals surface area contributed by atoms with E-state index in [2.05, 4.69) is 41.5 Å². The van der Waals surface area contributed by atoms with Gasteiger partial charge in [-0.15, -0.1) is 0 Å². The van der Waals surface area contributed by atoms with Crippen molar-refractivity contribution in [1.29, 1.82) is 0 Å². The van der Waals surface area contributed by atoms with Crippen LogP contribution in [0.3, 0.4) is 0 Å². The number of imidazole rings is 2. The predicted octanol–water partition coefficient (Wildman–Crippen LogP) is 4.50. The number of hydrogen-bond acceptors (Lipinski definition) is 8. The predicted molar refractivity (Wildman–Crippen MR) is 121 cm³/mol. The summed E-state index contributed by atoms with van der Waals surface area (Å²) in [6.45, 7) is 0.